The molecule has 4 rings (SSSR count). The molecule has 2 aromatic carbocycles. The Morgan fingerprint density at radius 3 is 2.28 bits per heavy atom. The number of hydrogen-bond acceptors (Lipinski definition) is 4. The van der Waals surface area contributed by atoms with Crippen LogP contribution in [0.4, 0.5) is 5.82 Å². The van der Waals surface area contributed by atoms with Crippen LogP contribution >= 0.6 is 0 Å². The van der Waals surface area contributed by atoms with E-state index in [4.69, 9.17) is 9.84 Å². The van der Waals surface area contributed by atoms with E-state index in [1.807, 2.05) is 54.6 Å². The minimum atomic E-state index is -1.05. The van der Waals surface area contributed by atoms with Crippen molar-refractivity contribution in [1.82, 2.24) is 4.98 Å². The number of aromatic nitrogens is 1. The molecule has 2 N–H and O–H groups in total. The lowest BCUT2D eigenvalue weighted by Gasteiger charge is -2.21. The van der Waals surface area contributed by atoms with E-state index in [2.05, 4.69) is 10.3 Å². The summed E-state index contributed by atoms with van der Waals surface area (Å²) < 4.78 is 5.87. The quantitative estimate of drug-likeness (QED) is 0.466. The first-order valence-corrected chi connectivity index (χ1v) is 10.9. The monoisotopic (exact) mass is 430 g/mol. The maximum atomic E-state index is 13.2. The molecular weight excluding hydrogens is 404 g/mol. The van der Waals surface area contributed by atoms with Crippen molar-refractivity contribution in [3.63, 3.8) is 0 Å². The molecule has 1 heterocycles. The van der Waals surface area contributed by atoms with Gasteiger partial charge in [0.15, 0.2) is 0 Å². The number of pyridine rings is 1. The Hall–Kier alpha value is -3.67. The predicted octanol–water partition coefficient (Wildman–Crippen LogP) is 5.87. The van der Waals surface area contributed by atoms with Gasteiger partial charge in [-0.15, -0.1) is 0 Å². The maximum absolute atomic E-state index is 13.2. The van der Waals surface area contributed by atoms with Gasteiger partial charge in [-0.2, -0.15) is 0 Å². The molecule has 0 saturated heterocycles. The summed E-state index contributed by atoms with van der Waals surface area (Å²) in [6, 6.07) is 20.2. The Balaban J connectivity index is 1.50. The number of carboxylic acids is 1. The highest BCUT2D eigenvalue weighted by Gasteiger charge is 2.27. The molecule has 1 aliphatic rings. The number of amides is 1. The van der Waals surface area contributed by atoms with E-state index in [9.17, 15) is 9.59 Å². The molecule has 0 radical (unpaired) electrons. The number of nitrogens with one attached hydrogen (secondary N) is 1. The number of carbonyl (C=O) groups is 2. The number of rotatable bonds is 8. The molecule has 1 fully saturated rings. The van der Waals surface area contributed by atoms with Gasteiger partial charge in [-0.05, 0) is 54.3 Å². The molecule has 1 aliphatic carbocycles. The van der Waals surface area contributed by atoms with Gasteiger partial charge in [-0.3, -0.25) is 4.79 Å². The van der Waals surface area contributed by atoms with E-state index in [1.54, 1.807) is 0 Å². The third kappa shape index (κ3) is 5.52. The summed E-state index contributed by atoms with van der Waals surface area (Å²) in [5.74, 6) is 0.845. The molecule has 1 unspecified atom stereocenters. The highest BCUT2D eigenvalue weighted by Crippen LogP contribution is 2.35. The largest absolute Gasteiger partial charge is 0.478 e. The van der Waals surface area contributed by atoms with Crippen molar-refractivity contribution in [2.75, 3.05) is 5.32 Å². The van der Waals surface area contributed by atoms with Gasteiger partial charge in [-0.1, -0.05) is 56.0 Å². The van der Waals surface area contributed by atoms with Crippen LogP contribution in [0.2, 0.25) is 0 Å². The number of carboxylic acid groups (broad SMARTS) is 1. The smallest absolute Gasteiger partial charge is 0.337 e. The maximum Gasteiger partial charge on any atom is 0.337 e. The number of ether oxygens (including phenoxy) is 1. The number of para-hydroxylation sites is 1. The second kappa shape index (κ2) is 10.1. The number of carbonyl (C=O) groups excluding carboxylic acids is 1. The fourth-order valence-electron chi connectivity index (χ4n) is 4.17. The molecule has 6 heteroatoms. The van der Waals surface area contributed by atoms with Crippen LogP contribution in [0.5, 0.6) is 11.5 Å². The second-order valence-corrected chi connectivity index (χ2v) is 8.15. The number of hydrogen-bond donors (Lipinski definition) is 2. The fourth-order valence-corrected chi connectivity index (χ4v) is 4.17. The molecule has 0 aliphatic heterocycles. The average Bonchev–Trinajstić information content (AvgIpc) is 3.32. The van der Waals surface area contributed by atoms with Crippen molar-refractivity contribution < 1.29 is 19.4 Å². The van der Waals surface area contributed by atoms with Gasteiger partial charge >= 0.3 is 5.97 Å². The van der Waals surface area contributed by atoms with Crippen LogP contribution in [0.15, 0.2) is 72.9 Å². The number of benzene rings is 2. The molecule has 3 aromatic rings. The standard InChI is InChI=1S/C26H26N2O4/c29-25(28-24-15-12-20(17-27-24)26(30)31)23(16-18-6-4-5-7-18)19-10-13-22(14-11-19)32-21-8-2-1-3-9-21/h1-3,8-15,17-18,23H,4-7,16H2,(H,30,31)(H,27,28,29). The Kier molecular flexibility index (Phi) is 6.80. The fraction of sp³-hybridized carbons (Fsp3) is 0.269. The first kappa shape index (κ1) is 21.6. The molecule has 164 valence electrons. The molecule has 1 saturated carbocycles. The first-order chi connectivity index (χ1) is 15.6. The Morgan fingerprint density at radius 2 is 1.66 bits per heavy atom. The zero-order valence-corrected chi connectivity index (χ0v) is 17.7. The highest BCUT2D eigenvalue weighted by molar-refractivity contribution is 5.95. The molecule has 1 amide bonds. The Labute approximate surface area is 187 Å². The zero-order valence-electron chi connectivity index (χ0n) is 17.7. The van der Waals surface area contributed by atoms with Crippen molar-refractivity contribution in [3.05, 3.63) is 84.1 Å². The minimum Gasteiger partial charge on any atom is -0.478 e. The molecule has 0 spiro atoms. The van der Waals surface area contributed by atoms with Crippen molar-refractivity contribution in [2.24, 2.45) is 5.92 Å². The van der Waals surface area contributed by atoms with Gasteiger partial charge in [0.1, 0.15) is 17.3 Å². The van der Waals surface area contributed by atoms with Gasteiger partial charge < -0.3 is 15.2 Å². The summed E-state index contributed by atoms with van der Waals surface area (Å²) in [6.45, 7) is 0. The lowest BCUT2D eigenvalue weighted by molar-refractivity contribution is -0.118. The molecule has 32 heavy (non-hydrogen) atoms. The summed E-state index contributed by atoms with van der Waals surface area (Å²) in [5, 5.41) is 11.9. The van der Waals surface area contributed by atoms with E-state index in [0.29, 0.717) is 17.5 Å². The highest BCUT2D eigenvalue weighted by atomic mass is 16.5. The van der Waals surface area contributed by atoms with Gasteiger partial charge in [0, 0.05) is 6.20 Å². The zero-order chi connectivity index (χ0) is 22.3. The van der Waals surface area contributed by atoms with Crippen LogP contribution < -0.4 is 10.1 Å². The van der Waals surface area contributed by atoms with Gasteiger partial charge in [-0.25, -0.2) is 9.78 Å². The number of aromatic carboxylic acids is 1. The summed E-state index contributed by atoms with van der Waals surface area (Å²) in [7, 11) is 0. The number of nitrogens with zero attached hydrogens (tertiary/aromatic N) is 1. The first-order valence-electron chi connectivity index (χ1n) is 10.9. The van der Waals surface area contributed by atoms with Crippen molar-refractivity contribution in [3.8, 4) is 11.5 Å². The lowest BCUT2D eigenvalue weighted by atomic mass is 9.87. The lowest BCUT2D eigenvalue weighted by Crippen LogP contribution is -2.23. The molecular formula is C26H26N2O4. The minimum absolute atomic E-state index is 0.0829. The normalized spacial score (nSPS) is 14.6. The summed E-state index contributed by atoms with van der Waals surface area (Å²) in [5.41, 5.74) is 1.01. The van der Waals surface area contributed by atoms with E-state index < -0.39 is 5.97 Å². The van der Waals surface area contributed by atoms with E-state index in [0.717, 1.165) is 30.6 Å². The van der Waals surface area contributed by atoms with Crippen LogP contribution in [-0.2, 0) is 4.79 Å². The average molecular weight is 431 g/mol. The van der Waals surface area contributed by atoms with Gasteiger partial charge in [0.05, 0.1) is 11.5 Å². The van der Waals surface area contributed by atoms with Gasteiger partial charge in [0.2, 0.25) is 5.91 Å². The van der Waals surface area contributed by atoms with Crippen LogP contribution in [0, 0.1) is 5.92 Å². The summed E-state index contributed by atoms with van der Waals surface area (Å²) in [6.07, 6.45) is 6.73. The summed E-state index contributed by atoms with van der Waals surface area (Å²) >= 11 is 0. The topological polar surface area (TPSA) is 88.5 Å². The van der Waals surface area contributed by atoms with E-state index in [-0.39, 0.29) is 17.4 Å². The van der Waals surface area contributed by atoms with Crippen molar-refractivity contribution in [1.29, 1.82) is 0 Å². The predicted molar refractivity (Wildman–Crippen MR) is 122 cm³/mol. The van der Waals surface area contributed by atoms with Crippen LogP contribution in [-0.4, -0.2) is 22.0 Å². The van der Waals surface area contributed by atoms with Crippen molar-refractivity contribution in [2.45, 2.75) is 38.0 Å². The third-order valence-electron chi connectivity index (χ3n) is 5.88. The molecule has 1 atom stereocenters. The molecule has 0 bridgehead atoms. The SMILES string of the molecule is O=C(O)c1ccc(NC(=O)C(CC2CCCC2)c2ccc(Oc3ccccc3)cc2)nc1. The van der Waals surface area contributed by atoms with Crippen LogP contribution in [0.1, 0.15) is 53.9 Å². The Morgan fingerprint density at radius 1 is 0.969 bits per heavy atom. The molecule has 6 nitrogen and oxygen atoms in total. The van der Waals surface area contributed by atoms with Crippen LogP contribution in [0.25, 0.3) is 0 Å². The number of anilines is 1. The van der Waals surface area contributed by atoms with Crippen LogP contribution in [0.3, 0.4) is 0 Å². The van der Waals surface area contributed by atoms with Gasteiger partial charge in [0.25, 0.3) is 0 Å². The van der Waals surface area contributed by atoms with E-state index in [1.165, 1.54) is 31.2 Å². The van der Waals surface area contributed by atoms with E-state index >= 15 is 0 Å². The second-order valence-electron chi connectivity index (χ2n) is 8.15. The third-order valence-corrected chi connectivity index (χ3v) is 5.88. The molecule has 1 aromatic heterocycles. The van der Waals surface area contributed by atoms with Crippen molar-refractivity contribution >= 4 is 17.7 Å². The summed E-state index contributed by atoms with van der Waals surface area (Å²) in [4.78, 5) is 28.3. The Bertz CT molecular complexity index is 1040.